The van der Waals surface area contributed by atoms with Gasteiger partial charge in [-0.3, -0.25) is 9.69 Å². The fourth-order valence-corrected chi connectivity index (χ4v) is 3.01. The van der Waals surface area contributed by atoms with Crippen LogP contribution >= 0.6 is 0 Å². The summed E-state index contributed by atoms with van der Waals surface area (Å²) in [6.07, 6.45) is 1.64. The van der Waals surface area contributed by atoms with Crippen LogP contribution in [0.5, 0.6) is 0 Å². The van der Waals surface area contributed by atoms with Crippen LogP contribution in [-0.4, -0.2) is 56.3 Å². The van der Waals surface area contributed by atoms with Gasteiger partial charge in [0.25, 0.3) is 0 Å². The Morgan fingerprint density at radius 3 is 3.00 bits per heavy atom. The summed E-state index contributed by atoms with van der Waals surface area (Å²) in [6, 6.07) is 5.16. The summed E-state index contributed by atoms with van der Waals surface area (Å²) in [5, 5.41) is 12.2. The molecule has 0 aliphatic carbocycles. The van der Waals surface area contributed by atoms with Crippen molar-refractivity contribution in [2.75, 3.05) is 45.2 Å². The number of carbonyl (C=O) groups is 1. The Labute approximate surface area is 137 Å². The van der Waals surface area contributed by atoms with E-state index < -0.39 is 5.97 Å². The predicted molar refractivity (Wildman–Crippen MR) is 89.2 cm³/mol. The second-order valence-electron chi connectivity index (χ2n) is 6.22. The minimum atomic E-state index is -0.721. The molecule has 23 heavy (non-hydrogen) atoms. The van der Waals surface area contributed by atoms with Gasteiger partial charge in [0.15, 0.2) is 0 Å². The lowest BCUT2D eigenvalue weighted by Gasteiger charge is -2.31. The molecule has 5 nitrogen and oxygen atoms in total. The highest BCUT2D eigenvalue weighted by Gasteiger charge is 2.25. The van der Waals surface area contributed by atoms with E-state index in [4.69, 9.17) is 5.11 Å². The normalized spacial score (nSPS) is 18.8. The van der Waals surface area contributed by atoms with Crippen molar-refractivity contribution in [3.05, 3.63) is 29.6 Å². The Kier molecular flexibility index (Phi) is 6.36. The van der Waals surface area contributed by atoms with Crippen molar-refractivity contribution < 1.29 is 14.3 Å². The quantitative estimate of drug-likeness (QED) is 0.801. The van der Waals surface area contributed by atoms with E-state index in [-0.39, 0.29) is 11.7 Å². The zero-order valence-corrected chi connectivity index (χ0v) is 13.9. The zero-order chi connectivity index (χ0) is 16.8. The number of carboxylic acids is 1. The molecule has 128 valence electrons. The fourth-order valence-electron chi connectivity index (χ4n) is 3.01. The van der Waals surface area contributed by atoms with Gasteiger partial charge in [0.2, 0.25) is 0 Å². The standard InChI is InChI=1S/C17H26FN3O2/c1-19-7-9-20(2)16-10-13(5-6-15(16)18)11-21-8-3-4-14(12-21)17(22)23/h5-6,10,14,19H,3-4,7-9,11-12H2,1-2H3,(H,22,23). The number of aliphatic carboxylic acids is 1. The number of likely N-dealkylation sites (N-methyl/N-ethyl adjacent to an activating group) is 2. The molecule has 1 aromatic carbocycles. The molecule has 2 N–H and O–H groups in total. The molecule has 1 aliphatic heterocycles. The first kappa shape index (κ1) is 17.7. The molecule has 1 heterocycles. The molecule has 0 saturated carbocycles. The smallest absolute Gasteiger partial charge is 0.307 e. The second kappa shape index (κ2) is 8.26. The Bertz CT molecular complexity index is 539. The number of anilines is 1. The number of nitrogens with zero attached hydrogens (tertiary/aromatic N) is 2. The molecular formula is C17H26FN3O2. The summed E-state index contributed by atoms with van der Waals surface area (Å²) in [6.45, 7) is 3.63. The Hall–Kier alpha value is -1.66. The minimum Gasteiger partial charge on any atom is -0.481 e. The van der Waals surface area contributed by atoms with Crippen LogP contribution in [0.15, 0.2) is 18.2 Å². The number of piperidine rings is 1. The number of hydrogen-bond donors (Lipinski definition) is 2. The van der Waals surface area contributed by atoms with Crippen LogP contribution in [0.1, 0.15) is 18.4 Å². The van der Waals surface area contributed by atoms with Gasteiger partial charge in [-0.15, -0.1) is 0 Å². The zero-order valence-electron chi connectivity index (χ0n) is 13.9. The molecule has 0 spiro atoms. The number of benzene rings is 1. The van der Waals surface area contributed by atoms with E-state index in [0.29, 0.717) is 18.8 Å². The van der Waals surface area contributed by atoms with Crippen LogP contribution in [0.4, 0.5) is 10.1 Å². The van der Waals surface area contributed by atoms with Crippen molar-refractivity contribution in [3.63, 3.8) is 0 Å². The average Bonchev–Trinajstić information content (AvgIpc) is 2.54. The van der Waals surface area contributed by atoms with Gasteiger partial charge in [-0.05, 0) is 44.1 Å². The van der Waals surface area contributed by atoms with Gasteiger partial charge < -0.3 is 15.3 Å². The van der Waals surface area contributed by atoms with Gasteiger partial charge in [0.05, 0.1) is 11.6 Å². The number of nitrogens with one attached hydrogen (secondary N) is 1. The van der Waals surface area contributed by atoms with Crippen LogP contribution < -0.4 is 10.2 Å². The summed E-state index contributed by atoms with van der Waals surface area (Å²) in [7, 11) is 3.75. The van der Waals surface area contributed by atoms with Gasteiger partial charge in [0, 0.05) is 33.2 Å². The lowest BCUT2D eigenvalue weighted by Crippen LogP contribution is -2.38. The van der Waals surface area contributed by atoms with E-state index in [1.165, 1.54) is 6.07 Å². The van der Waals surface area contributed by atoms with Crippen LogP contribution in [0.2, 0.25) is 0 Å². The van der Waals surface area contributed by atoms with Crippen molar-refractivity contribution in [3.8, 4) is 0 Å². The van der Waals surface area contributed by atoms with Gasteiger partial charge in [0.1, 0.15) is 5.82 Å². The Morgan fingerprint density at radius 1 is 1.52 bits per heavy atom. The largest absolute Gasteiger partial charge is 0.481 e. The minimum absolute atomic E-state index is 0.227. The number of likely N-dealkylation sites (tertiary alicyclic amines) is 1. The molecule has 0 aromatic heterocycles. The molecule has 1 aromatic rings. The third-order valence-electron chi connectivity index (χ3n) is 4.38. The molecule has 2 rings (SSSR count). The number of carboxylic acid groups (broad SMARTS) is 1. The Balaban J connectivity index is 2.04. The van der Waals surface area contributed by atoms with Crippen molar-refractivity contribution in [1.29, 1.82) is 0 Å². The first-order chi connectivity index (χ1) is 11.0. The fraction of sp³-hybridized carbons (Fsp3) is 0.588. The highest BCUT2D eigenvalue weighted by Crippen LogP contribution is 2.23. The number of rotatable bonds is 7. The summed E-state index contributed by atoms with van der Waals surface area (Å²) in [4.78, 5) is 15.2. The molecule has 0 radical (unpaired) electrons. The Morgan fingerprint density at radius 2 is 2.30 bits per heavy atom. The molecule has 1 aliphatic rings. The van der Waals surface area contributed by atoms with Gasteiger partial charge in [-0.1, -0.05) is 6.07 Å². The molecule has 0 bridgehead atoms. The second-order valence-corrected chi connectivity index (χ2v) is 6.22. The SMILES string of the molecule is CNCCN(C)c1cc(CN2CCCC(C(=O)O)C2)ccc1F. The highest BCUT2D eigenvalue weighted by atomic mass is 19.1. The summed E-state index contributed by atoms with van der Waals surface area (Å²) < 4.78 is 14.0. The lowest BCUT2D eigenvalue weighted by atomic mass is 9.98. The van der Waals surface area contributed by atoms with Gasteiger partial charge >= 0.3 is 5.97 Å². The highest BCUT2D eigenvalue weighted by molar-refractivity contribution is 5.70. The van der Waals surface area contributed by atoms with E-state index in [2.05, 4.69) is 10.2 Å². The van der Waals surface area contributed by atoms with Crippen LogP contribution in [0.3, 0.4) is 0 Å². The van der Waals surface area contributed by atoms with E-state index >= 15 is 0 Å². The topological polar surface area (TPSA) is 55.8 Å². The summed E-state index contributed by atoms with van der Waals surface area (Å²) in [5.74, 6) is -1.24. The van der Waals surface area contributed by atoms with E-state index in [1.54, 1.807) is 6.07 Å². The third kappa shape index (κ3) is 4.91. The van der Waals surface area contributed by atoms with E-state index in [0.717, 1.165) is 38.0 Å². The van der Waals surface area contributed by atoms with E-state index in [9.17, 15) is 9.18 Å². The maximum absolute atomic E-state index is 14.0. The van der Waals surface area contributed by atoms with Crippen LogP contribution in [0, 0.1) is 11.7 Å². The van der Waals surface area contributed by atoms with Crippen molar-refractivity contribution in [2.24, 2.45) is 5.92 Å². The third-order valence-corrected chi connectivity index (χ3v) is 4.38. The monoisotopic (exact) mass is 323 g/mol. The van der Waals surface area contributed by atoms with E-state index in [1.807, 2.05) is 25.1 Å². The number of hydrogen-bond acceptors (Lipinski definition) is 4. The van der Waals surface area contributed by atoms with Gasteiger partial charge in [-0.2, -0.15) is 0 Å². The molecule has 1 fully saturated rings. The van der Waals surface area contributed by atoms with Crippen molar-refractivity contribution in [1.82, 2.24) is 10.2 Å². The molecule has 1 saturated heterocycles. The summed E-state index contributed by atoms with van der Waals surface area (Å²) >= 11 is 0. The summed E-state index contributed by atoms with van der Waals surface area (Å²) in [5.41, 5.74) is 1.60. The first-order valence-electron chi connectivity index (χ1n) is 8.10. The van der Waals surface area contributed by atoms with Crippen molar-refractivity contribution >= 4 is 11.7 Å². The van der Waals surface area contributed by atoms with Crippen LogP contribution in [-0.2, 0) is 11.3 Å². The molecule has 1 unspecified atom stereocenters. The molecule has 0 amide bonds. The first-order valence-corrected chi connectivity index (χ1v) is 8.10. The number of halogens is 1. The average molecular weight is 323 g/mol. The lowest BCUT2D eigenvalue weighted by molar-refractivity contribution is -0.143. The van der Waals surface area contributed by atoms with Gasteiger partial charge in [-0.25, -0.2) is 4.39 Å². The van der Waals surface area contributed by atoms with Crippen LogP contribution in [0.25, 0.3) is 0 Å². The maximum Gasteiger partial charge on any atom is 0.307 e. The predicted octanol–water partition coefficient (Wildman–Crippen LogP) is 1.78. The molecule has 6 heteroatoms. The van der Waals surface area contributed by atoms with Crippen molar-refractivity contribution in [2.45, 2.75) is 19.4 Å². The molecule has 1 atom stereocenters. The molecular weight excluding hydrogens is 297 g/mol. The maximum atomic E-state index is 14.0.